The van der Waals surface area contributed by atoms with E-state index in [0.29, 0.717) is 5.56 Å². The quantitative estimate of drug-likeness (QED) is 0.430. The second-order valence-electron chi connectivity index (χ2n) is 6.97. The standard InChI is InChI=1S/C23H17F2N3O4S/c1-2-32-23(31)20-17-12-33-21(26-18(29)10-13-6-8-14(24)9-7-13)19(17)22(30)28(27-20)16-5-3-4-15(25)11-16/h3-9,11-12H,2,10H2,1H3,(H,26,29). The van der Waals surface area contributed by atoms with Crippen LogP contribution in [0.1, 0.15) is 23.0 Å². The van der Waals surface area contributed by atoms with E-state index in [1.165, 1.54) is 47.8 Å². The zero-order chi connectivity index (χ0) is 23.5. The summed E-state index contributed by atoms with van der Waals surface area (Å²) < 4.78 is 32.9. The predicted molar refractivity (Wildman–Crippen MR) is 120 cm³/mol. The molecule has 1 N–H and O–H groups in total. The molecule has 4 aromatic rings. The SMILES string of the molecule is CCOC(=O)c1nn(-c2cccc(F)c2)c(=O)c2c(NC(=O)Cc3ccc(F)cc3)scc12. The van der Waals surface area contributed by atoms with Crippen LogP contribution in [-0.2, 0) is 16.0 Å². The largest absolute Gasteiger partial charge is 0.461 e. The highest BCUT2D eigenvalue weighted by molar-refractivity contribution is 7.16. The number of benzene rings is 2. The number of carbonyl (C=O) groups excluding carboxylic acids is 2. The number of fused-ring (bicyclic) bond motifs is 1. The lowest BCUT2D eigenvalue weighted by Crippen LogP contribution is -2.26. The number of thiophene rings is 1. The van der Waals surface area contributed by atoms with Crippen LogP contribution in [0.25, 0.3) is 16.5 Å². The lowest BCUT2D eigenvalue weighted by atomic mass is 10.1. The first kappa shape index (κ1) is 22.3. The van der Waals surface area contributed by atoms with E-state index in [9.17, 15) is 23.2 Å². The van der Waals surface area contributed by atoms with Crippen molar-refractivity contribution in [3.05, 3.63) is 87.2 Å². The van der Waals surface area contributed by atoms with E-state index in [2.05, 4.69) is 10.4 Å². The smallest absolute Gasteiger partial charge is 0.359 e. The molecule has 0 spiro atoms. The number of carbonyl (C=O) groups is 2. The van der Waals surface area contributed by atoms with E-state index in [1.807, 2.05) is 0 Å². The molecule has 2 aromatic carbocycles. The van der Waals surface area contributed by atoms with Gasteiger partial charge in [-0.15, -0.1) is 11.3 Å². The fraction of sp³-hybridized carbons (Fsp3) is 0.130. The van der Waals surface area contributed by atoms with Gasteiger partial charge in [0.05, 0.1) is 24.1 Å². The van der Waals surface area contributed by atoms with Crippen molar-refractivity contribution in [3.8, 4) is 5.69 Å². The van der Waals surface area contributed by atoms with Crippen molar-refractivity contribution < 1.29 is 23.1 Å². The van der Waals surface area contributed by atoms with Gasteiger partial charge in [-0.3, -0.25) is 9.59 Å². The highest BCUT2D eigenvalue weighted by Crippen LogP contribution is 2.31. The highest BCUT2D eigenvalue weighted by Gasteiger charge is 2.23. The Hall–Kier alpha value is -3.92. The molecule has 0 unspecified atom stereocenters. The number of aromatic nitrogens is 2. The van der Waals surface area contributed by atoms with Gasteiger partial charge in [0.2, 0.25) is 5.91 Å². The van der Waals surface area contributed by atoms with Gasteiger partial charge < -0.3 is 10.1 Å². The van der Waals surface area contributed by atoms with Crippen molar-refractivity contribution >= 4 is 39.0 Å². The van der Waals surface area contributed by atoms with E-state index < -0.39 is 29.1 Å². The van der Waals surface area contributed by atoms with Crippen molar-refractivity contribution in [3.63, 3.8) is 0 Å². The maximum absolute atomic E-state index is 13.8. The minimum Gasteiger partial charge on any atom is -0.461 e. The number of hydrogen-bond acceptors (Lipinski definition) is 6. The Morgan fingerprint density at radius 1 is 1.12 bits per heavy atom. The van der Waals surface area contributed by atoms with E-state index in [4.69, 9.17) is 4.74 Å². The van der Waals surface area contributed by atoms with Crippen molar-refractivity contribution in [1.82, 2.24) is 9.78 Å². The Balaban J connectivity index is 1.79. The fourth-order valence-electron chi connectivity index (χ4n) is 3.23. The van der Waals surface area contributed by atoms with Crippen LogP contribution in [0.15, 0.2) is 58.7 Å². The fourth-order valence-corrected chi connectivity index (χ4v) is 4.19. The molecular weight excluding hydrogens is 452 g/mol. The van der Waals surface area contributed by atoms with Gasteiger partial charge in [-0.2, -0.15) is 9.78 Å². The summed E-state index contributed by atoms with van der Waals surface area (Å²) in [6.07, 6.45) is -0.0480. The van der Waals surface area contributed by atoms with E-state index in [1.54, 1.807) is 6.92 Å². The molecule has 1 amide bonds. The number of nitrogens with one attached hydrogen (secondary N) is 1. The predicted octanol–water partition coefficient (Wildman–Crippen LogP) is 4.08. The summed E-state index contributed by atoms with van der Waals surface area (Å²) in [7, 11) is 0. The number of anilines is 1. The van der Waals surface area contributed by atoms with Crippen molar-refractivity contribution in [2.24, 2.45) is 0 Å². The van der Waals surface area contributed by atoms with Gasteiger partial charge in [0.25, 0.3) is 5.56 Å². The summed E-state index contributed by atoms with van der Waals surface area (Å²) in [5, 5.41) is 8.80. The molecule has 2 heterocycles. The molecule has 4 rings (SSSR count). The molecule has 10 heteroatoms. The maximum Gasteiger partial charge on any atom is 0.359 e. The Morgan fingerprint density at radius 2 is 1.88 bits per heavy atom. The molecule has 0 saturated heterocycles. The van der Waals surface area contributed by atoms with Crippen LogP contribution in [0.2, 0.25) is 0 Å². The summed E-state index contributed by atoms with van der Waals surface area (Å²) in [6, 6.07) is 10.7. The van der Waals surface area contributed by atoms with E-state index in [-0.39, 0.29) is 40.2 Å². The van der Waals surface area contributed by atoms with Gasteiger partial charge in [-0.25, -0.2) is 13.6 Å². The lowest BCUT2D eigenvalue weighted by Gasteiger charge is -2.10. The third-order valence-electron chi connectivity index (χ3n) is 4.70. The summed E-state index contributed by atoms with van der Waals surface area (Å²) in [5.74, 6) is -2.19. The van der Waals surface area contributed by atoms with Gasteiger partial charge in [0, 0.05) is 10.8 Å². The average Bonchev–Trinajstić information content (AvgIpc) is 3.19. The van der Waals surface area contributed by atoms with Gasteiger partial charge in [0.15, 0.2) is 5.69 Å². The monoisotopic (exact) mass is 469 g/mol. The molecule has 0 aliphatic rings. The van der Waals surface area contributed by atoms with Crippen LogP contribution in [0.3, 0.4) is 0 Å². The van der Waals surface area contributed by atoms with Crippen LogP contribution in [0.4, 0.5) is 13.8 Å². The highest BCUT2D eigenvalue weighted by atomic mass is 32.1. The third kappa shape index (κ3) is 4.65. The molecule has 0 fully saturated rings. The Kier molecular flexibility index (Phi) is 6.27. The third-order valence-corrected chi connectivity index (χ3v) is 5.60. The van der Waals surface area contributed by atoms with Gasteiger partial charge in [-0.05, 0) is 42.8 Å². The van der Waals surface area contributed by atoms with Crippen LogP contribution < -0.4 is 10.9 Å². The number of esters is 1. The zero-order valence-corrected chi connectivity index (χ0v) is 18.1. The molecule has 0 aliphatic carbocycles. The lowest BCUT2D eigenvalue weighted by molar-refractivity contribution is -0.115. The summed E-state index contributed by atoms with van der Waals surface area (Å²) in [4.78, 5) is 38.4. The van der Waals surface area contributed by atoms with Crippen LogP contribution >= 0.6 is 11.3 Å². The van der Waals surface area contributed by atoms with E-state index >= 15 is 0 Å². The van der Waals surface area contributed by atoms with Crippen LogP contribution in [0, 0.1) is 11.6 Å². The molecule has 33 heavy (non-hydrogen) atoms. The second-order valence-corrected chi connectivity index (χ2v) is 7.85. The molecule has 7 nitrogen and oxygen atoms in total. The zero-order valence-electron chi connectivity index (χ0n) is 17.3. The van der Waals surface area contributed by atoms with Crippen LogP contribution in [0.5, 0.6) is 0 Å². The number of hydrogen-bond donors (Lipinski definition) is 1. The first-order valence-corrected chi connectivity index (χ1v) is 10.8. The maximum atomic E-state index is 13.8. The summed E-state index contributed by atoms with van der Waals surface area (Å²) >= 11 is 1.05. The van der Waals surface area contributed by atoms with Crippen molar-refractivity contribution in [2.75, 3.05) is 11.9 Å². The number of ether oxygens (including phenoxy) is 1. The molecule has 0 bridgehead atoms. The number of nitrogens with zero attached hydrogens (tertiary/aromatic N) is 2. The number of amides is 1. The summed E-state index contributed by atoms with van der Waals surface area (Å²) in [5.41, 5.74) is -0.0731. The molecule has 168 valence electrons. The normalized spacial score (nSPS) is 10.9. The van der Waals surface area contributed by atoms with Gasteiger partial charge in [-0.1, -0.05) is 18.2 Å². The molecule has 0 saturated carbocycles. The molecule has 0 radical (unpaired) electrons. The first-order chi connectivity index (χ1) is 15.9. The van der Waals surface area contributed by atoms with Gasteiger partial charge in [0.1, 0.15) is 16.6 Å². The number of halogens is 2. The topological polar surface area (TPSA) is 90.3 Å². The molecule has 0 atom stereocenters. The second kappa shape index (κ2) is 9.29. The Labute approximate surface area is 190 Å². The van der Waals surface area contributed by atoms with Crippen molar-refractivity contribution in [1.29, 1.82) is 0 Å². The Morgan fingerprint density at radius 3 is 2.58 bits per heavy atom. The molecular formula is C23H17F2N3O4S. The number of rotatable bonds is 6. The first-order valence-electron chi connectivity index (χ1n) is 9.89. The van der Waals surface area contributed by atoms with Crippen LogP contribution in [-0.4, -0.2) is 28.3 Å². The minimum atomic E-state index is -0.755. The van der Waals surface area contributed by atoms with Gasteiger partial charge >= 0.3 is 5.97 Å². The van der Waals surface area contributed by atoms with E-state index in [0.717, 1.165) is 22.1 Å². The average molecular weight is 469 g/mol. The molecule has 2 aromatic heterocycles. The molecule has 0 aliphatic heterocycles. The summed E-state index contributed by atoms with van der Waals surface area (Å²) in [6.45, 7) is 1.72. The minimum absolute atomic E-state index is 0.0480. The van der Waals surface area contributed by atoms with Crippen molar-refractivity contribution in [2.45, 2.75) is 13.3 Å². The Bertz CT molecular complexity index is 1410.